The van der Waals surface area contributed by atoms with Crippen molar-refractivity contribution in [3.8, 4) is 0 Å². The van der Waals surface area contributed by atoms with Gasteiger partial charge in [0.15, 0.2) is 5.40 Å². The maximum atomic E-state index is 13.7. The number of hydrogen-bond acceptors (Lipinski definition) is 6. The van der Waals surface area contributed by atoms with Crippen LogP contribution >= 0.6 is 15.2 Å². The molecular formula is C25H42O6P2. The lowest BCUT2D eigenvalue weighted by Gasteiger charge is -2.31. The first-order valence-corrected chi connectivity index (χ1v) is 15.0. The van der Waals surface area contributed by atoms with Crippen molar-refractivity contribution in [2.24, 2.45) is 0 Å². The van der Waals surface area contributed by atoms with Crippen molar-refractivity contribution in [3.63, 3.8) is 0 Å². The van der Waals surface area contributed by atoms with Gasteiger partial charge in [-0.05, 0) is 78.9 Å². The van der Waals surface area contributed by atoms with Crippen LogP contribution in [0.15, 0.2) is 41.5 Å². The Kier molecular flexibility index (Phi) is 13.7. The van der Waals surface area contributed by atoms with Crippen LogP contribution in [0, 0.1) is 0 Å². The molecule has 0 bridgehead atoms. The van der Waals surface area contributed by atoms with E-state index < -0.39 is 20.6 Å². The summed E-state index contributed by atoms with van der Waals surface area (Å²) < 4.78 is 49.6. The van der Waals surface area contributed by atoms with E-state index >= 15 is 0 Å². The van der Waals surface area contributed by atoms with Crippen LogP contribution in [0.5, 0.6) is 0 Å². The molecule has 1 aromatic rings. The highest BCUT2D eigenvalue weighted by Gasteiger charge is 2.50. The summed E-state index contributed by atoms with van der Waals surface area (Å²) in [5.41, 5.74) is 4.57. The van der Waals surface area contributed by atoms with Crippen LogP contribution in [0.2, 0.25) is 0 Å². The molecule has 0 atom stereocenters. The summed E-state index contributed by atoms with van der Waals surface area (Å²) in [5.74, 6) is 0. The van der Waals surface area contributed by atoms with E-state index in [0.717, 1.165) is 24.0 Å². The third kappa shape index (κ3) is 10.0. The topological polar surface area (TPSA) is 71.1 Å². The normalized spacial score (nSPS) is 12.9. The Bertz CT molecular complexity index is 806. The zero-order valence-corrected chi connectivity index (χ0v) is 23.1. The second kappa shape index (κ2) is 15.1. The van der Waals surface area contributed by atoms with Crippen LogP contribution < -0.4 is 0 Å². The minimum absolute atomic E-state index is 0.168. The van der Waals surface area contributed by atoms with Crippen LogP contribution in [0.1, 0.15) is 72.4 Å². The fourth-order valence-corrected chi connectivity index (χ4v) is 8.77. The largest absolute Gasteiger partial charge is 0.346 e. The van der Waals surface area contributed by atoms with Gasteiger partial charge in [-0.15, -0.1) is 0 Å². The standard InChI is InChI=1S/C25H42O6P2/c1-8-28-32(26,29-9-2)25(33(27,30-10-3)31-11-4)20-24-17-15-23(16-18-24)19-22(7)14-12-13-21(5)6/h13,15-19,25H,8-12,14,20H2,1-7H3/b22-19+. The quantitative estimate of drug-likeness (QED) is 0.168. The average Bonchev–Trinajstić information content (AvgIpc) is 2.73. The van der Waals surface area contributed by atoms with E-state index in [2.05, 4.69) is 32.9 Å². The van der Waals surface area contributed by atoms with Gasteiger partial charge in [-0.25, -0.2) is 0 Å². The van der Waals surface area contributed by atoms with Gasteiger partial charge in [0.2, 0.25) is 0 Å². The summed E-state index contributed by atoms with van der Waals surface area (Å²) in [7, 11) is -7.52. The number of allylic oxidation sites excluding steroid dienone is 3. The van der Waals surface area contributed by atoms with Gasteiger partial charge in [-0.1, -0.05) is 47.6 Å². The molecular weight excluding hydrogens is 458 g/mol. The van der Waals surface area contributed by atoms with Crippen molar-refractivity contribution in [2.45, 2.75) is 73.1 Å². The van der Waals surface area contributed by atoms with E-state index in [-0.39, 0.29) is 32.8 Å². The fourth-order valence-electron chi connectivity index (χ4n) is 3.44. The molecule has 0 unspecified atom stereocenters. The molecule has 0 fully saturated rings. The summed E-state index contributed by atoms with van der Waals surface area (Å²) in [6.45, 7) is 13.9. The number of benzene rings is 1. The molecule has 0 N–H and O–H groups in total. The Morgan fingerprint density at radius 3 is 1.67 bits per heavy atom. The zero-order chi connectivity index (χ0) is 24.9. The minimum atomic E-state index is -3.76. The molecule has 0 saturated carbocycles. The predicted octanol–water partition coefficient (Wildman–Crippen LogP) is 8.24. The van der Waals surface area contributed by atoms with Crippen LogP contribution in [0.4, 0.5) is 0 Å². The van der Waals surface area contributed by atoms with Crippen LogP contribution in [-0.2, 0) is 33.6 Å². The van der Waals surface area contributed by atoms with Gasteiger partial charge in [0.1, 0.15) is 0 Å². The Hall–Kier alpha value is -1.00. The molecule has 6 nitrogen and oxygen atoms in total. The predicted molar refractivity (Wildman–Crippen MR) is 138 cm³/mol. The molecule has 0 heterocycles. The first-order chi connectivity index (χ1) is 15.6. The lowest BCUT2D eigenvalue weighted by atomic mass is 10.0. The molecule has 33 heavy (non-hydrogen) atoms. The van der Waals surface area contributed by atoms with Gasteiger partial charge in [0.05, 0.1) is 26.4 Å². The summed E-state index contributed by atoms with van der Waals surface area (Å²) in [6.07, 6.45) is 6.63. The Morgan fingerprint density at radius 2 is 1.27 bits per heavy atom. The smallest absolute Gasteiger partial charge is 0.308 e. The second-order valence-corrected chi connectivity index (χ2v) is 12.8. The summed E-state index contributed by atoms with van der Waals surface area (Å²) >= 11 is 0. The molecule has 1 aromatic carbocycles. The molecule has 0 saturated heterocycles. The molecule has 0 spiro atoms. The molecule has 0 aliphatic carbocycles. The SMILES string of the molecule is CCOP(=O)(OCC)C(Cc1ccc(/C=C(\C)CCC=C(C)C)cc1)P(=O)(OCC)OCC. The monoisotopic (exact) mass is 500 g/mol. The molecule has 8 heteroatoms. The van der Waals surface area contributed by atoms with Crippen LogP contribution in [0.25, 0.3) is 6.08 Å². The van der Waals surface area contributed by atoms with Gasteiger partial charge >= 0.3 is 15.2 Å². The van der Waals surface area contributed by atoms with Crippen LogP contribution in [0.3, 0.4) is 0 Å². The second-order valence-electron chi connectivity index (χ2n) is 7.99. The van der Waals surface area contributed by atoms with E-state index in [1.165, 1.54) is 11.1 Å². The Morgan fingerprint density at radius 1 is 0.818 bits per heavy atom. The van der Waals surface area contributed by atoms with Crippen molar-refractivity contribution in [3.05, 3.63) is 52.6 Å². The highest BCUT2D eigenvalue weighted by atomic mass is 31.2. The van der Waals surface area contributed by atoms with Crippen molar-refractivity contribution in [2.75, 3.05) is 26.4 Å². The van der Waals surface area contributed by atoms with E-state index in [0.29, 0.717) is 0 Å². The van der Waals surface area contributed by atoms with Gasteiger partial charge < -0.3 is 18.1 Å². The molecule has 0 radical (unpaired) electrons. The lowest BCUT2D eigenvalue weighted by molar-refractivity contribution is 0.195. The maximum Gasteiger partial charge on any atom is 0.346 e. The Labute approximate surface area is 200 Å². The number of rotatable bonds is 16. The van der Waals surface area contributed by atoms with E-state index in [1.807, 2.05) is 24.3 Å². The first kappa shape index (κ1) is 30.0. The van der Waals surface area contributed by atoms with Gasteiger partial charge in [0.25, 0.3) is 0 Å². The fraction of sp³-hybridized carbons (Fsp3) is 0.600. The highest BCUT2D eigenvalue weighted by Crippen LogP contribution is 2.71. The third-order valence-electron chi connectivity index (χ3n) is 4.87. The minimum Gasteiger partial charge on any atom is -0.308 e. The van der Waals surface area contributed by atoms with E-state index in [1.54, 1.807) is 27.7 Å². The third-order valence-corrected chi connectivity index (χ3v) is 10.9. The lowest BCUT2D eigenvalue weighted by Crippen LogP contribution is -2.20. The van der Waals surface area contributed by atoms with Crippen LogP contribution in [-0.4, -0.2) is 31.8 Å². The summed E-state index contributed by atoms with van der Waals surface area (Å²) in [4.78, 5) is 0. The maximum absolute atomic E-state index is 13.7. The molecule has 1 rings (SSSR count). The van der Waals surface area contributed by atoms with Gasteiger partial charge in [-0.2, -0.15) is 0 Å². The summed E-state index contributed by atoms with van der Waals surface area (Å²) in [6, 6.07) is 7.92. The van der Waals surface area contributed by atoms with E-state index in [9.17, 15) is 9.13 Å². The van der Waals surface area contributed by atoms with Crippen molar-refractivity contribution in [1.29, 1.82) is 0 Å². The first-order valence-electron chi connectivity index (χ1n) is 11.8. The Balaban J connectivity index is 3.21. The summed E-state index contributed by atoms with van der Waals surface area (Å²) in [5, 5.41) is -1.04. The molecule has 0 aromatic heterocycles. The highest BCUT2D eigenvalue weighted by molar-refractivity contribution is 7.72. The van der Waals surface area contributed by atoms with Gasteiger partial charge in [0, 0.05) is 0 Å². The van der Waals surface area contributed by atoms with E-state index in [4.69, 9.17) is 18.1 Å². The average molecular weight is 501 g/mol. The molecule has 188 valence electrons. The van der Waals surface area contributed by atoms with Crippen molar-refractivity contribution >= 4 is 21.3 Å². The van der Waals surface area contributed by atoms with Crippen molar-refractivity contribution in [1.82, 2.24) is 0 Å². The van der Waals surface area contributed by atoms with Gasteiger partial charge in [-0.3, -0.25) is 9.13 Å². The number of hydrogen-bond donors (Lipinski definition) is 0. The molecule has 0 aliphatic heterocycles. The molecule has 0 amide bonds. The van der Waals surface area contributed by atoms with Crippen molar-refractivity contribution < 1.29 is 27.2 Å². The molecule has 0 aliphatic rings. The zero-order valence-electron chi connectivity index (χ0n) is 21.3.